The maximum atomic E-state index is 13.3. The van der Waals surface area contributed by atoms with Crippen molar-refractivity contribution in [3.8, 4) is 0 Å². The summed E-state index contributed by atoms with van der Waals surface area (Å²) >= 11 is 0. The SMILES string of the molecule is OCc1coc(Cc2ccccc2F)c1. The summed E-state index contributed by atoms with van der Waals surface area (Å²) in [6, 6.07) is 8.31. The van der Waals surface area contributed by atoms with Gasteiger partial charge < -0.3 is 9.52 Å². The van der Waals surface area contributed by atoms with E-state index in [0.29, 0.717) is 23.3 Å². The number of furan rings is 1. The molecule has 0 amide bonds. The summed E-state index contributed by atoms with van der Waals surface area (Å²) in [5, 5.41) is 8.84. The van der Waals surface area contributed by atoms with E-state index in [1.807, 2.05) is 0 Å². The average Bonchev–Trinajstić information content (AvgIpc) is 2.69. The molecule has 2 rings (SSSR count). The van der Waals surface area contributed by atoms with Crippen molar-refractivity contribution in [2.24, 2.45) is 0 Å². The van der Waals surface area contributed by atoms with Crippen LogP contribution in [0, 0.1) is 5.82 Å². The Balaban J connectivity index is 2.18. The lowest BCUT2D eigenvalue weighted by Crippen LogP contribution is -1.90. The fourth-order valence-corrected chi connectivity index (χ4v) is 1.43. The molecule has 3 heteroatoms. The summed E-state index contributed by atoms with van der Waals surface area (Å²) in [4.78, 5) is 0. The Morgan fingerprint density at radius 2 is 2.07 bits per heavy atom. The van der Waals surface area contributed by atoms with E-state index in [1.165, 1.54) is 12.3 Å². The van der Waals surface area contributed by atoms with Crippen molar-refractivity contribution in [3.05, 3.63) is 59.3 Å². The van der Waals surface area contributed by atoms with E-state index in [1.54, 1.807) is 24.3 Å². The van der Waals surface area contributed by atoms with Crippen molar-refractivity contribution in [1.82, 2.24) is 0 Å². The van der Waals surface area contributed by atoms with Gasteiger partial charge in [-0.05, 0) is 17.7 Å². The summed E-state index contributed by atoms with van der Waals surface area (Å²) in [6.45, 7) is -0.0548. The fraction of sp³-hybridized carbons (Fsp3) is 0.167. The number of aliphatic hydroxyl groups is 1. The van der Waals surface area contributed by atoms with E-state index in [-0.39, 0.29) is 12.4 Å². The Labute approximate surface area is 87.0 Å². The number of hydrogen-bond acceptors (Lipinski definition) is 2. The minimum Gasteiger partial charge on any atom is -0.469 e. The lowest BCUT2D eigenvalue weighted by Gasteiger charge is -1.99. The van der Waals surface area contributed by atoms with Gasteiger partial charge in [0.2, 0.25) is 0 Å². The Morgan fingerprint density at radius 1 is 1.27 bits per heavy atom. The van der Waals surface area contributed by atoms with Gasteiger partial charge in [-0.2, -0.15) is 0 Å². The van der Waals surface area contributed by atoms with E-state index in [4.69, 9.17) is 9.52 Å². The van der Waals surface area contributed by atoms with E-state index < -0.39 is 0 Å². The monoisotopic (exact) mass is 206 g/mol. The molecule has 0 aliphatic heterocycles. The predicted molar refractivity (Wildman–Crippen MR) is 53.8 cm³/mol. The third kappa shape index (κ3) is 2.25. The second-order valence-corrected chi connectivity index (χ2v) is 3.35. The summed E-state index contributed by atoms with van der Waals surface area (Å²) in [5.41, 5.74) is 1.30. The van der Waals surface area contributed by atoms with Crippen LogP contribution in [0.1, 0.15) is 16.9 Å². The van der Waals surface area contributed by atoms with Crippen LogP contribution in [0.5, 0.6) is 0 Å². The molecule has 0 spiro atoms. The molecule has 0 radical (unpaired) electrons. The minimum atomic E-state index is -0.237. The molecule has 2 nitrogen and oxygen atoms in total. The van der Waals surface area contributed by atoms with Crippen LogP contribution in [-0.4, -0.2) is 5.11 Å². The average molecular weight is 206 g/mol. The van der Waals surface area contributed by atoms with Crippen molar-refractivity contribution in [2.45, 2.75) is 13.0 Å². The quantitative estimate of drug-likeness (QED) is 0.837. The molecule has 1 aromatic carbocycles. The molecular weight excluding hydrogens is 195 g/mol. The molecule has 0 saturated heterocycles. The van der Waals surface area contributed by atoms with Crippen molar-refractivity contribution < 1.29 is 13.9 Å². The molecular formula is C12H11FO2. The summed E-state index contributed by atoms with van der Waals surface area (Å²) in [6.07, 6.45) is 1.89. The molecule has 2 aromatic rings. The maximum absolute atomic E-state index is 13.3. The normalized spacial score (nSPS) is 10.5. The van der Waals surface area contributed by atoms with Crippen molar-refractivity contribution >= 4 is 0 Å². The topological polar surface area (TPSA) is 33.4 Å². The van der Waals surface area contributed by atoms with Gasteiger partial charge in [0.25, 0.3) is 0 Å². The van der Waals surface area contributed by atoms with Gasteiger partial charge in [0.15, 0.2) is 0 Å². The zero-order valence-electron chi connectivity index (χ0n) is 8.11. The van der Waals surface area contributed by atoms with Crippen LogP contribution in [0.15, 0.2) is 41.0 Å². The Kier molecular flexibility index (Phi) is 2.83. The van der Waals surface area contributed by atoms with Crippen molar-refractivity contribution in [2.75, 3.05) is 0 Å². The highest BCUT2D eigenvalue weighted by Crippen LogP contribution is 2.15. The molecule has 0 unspecified atom stereocenters. The molecule has 1 heterocycles. The fourth-order valence-electron chi connectivity index (χ4n) is 1.43. The highest BCUT2D eigenvalue weighted by atomic mass is 19.1. The number of benzene rings is 1. The second kappa shape index (κ2) is 4.28. The second-order valence-electron chi connectivity index (χ2n) is 3.35. The molecule has 0 saturated carbocycles. The van der Waals surface area contributed by atoms with Crippen LogP contribution in [0.3, 0.4) is 0 Å². The zero-order valence-corrected chi connectivity index (χ0v) is 8.11. The first-order valence-corrected chi connectivity index (χ1v) is 4.70. The van der Waals surface area contributed by atoms with E-state index in [0.717, 1.165) is 0 Å². The predicted octanol–water partition coefficient (Wildman–Crippen LogP) is 2.50. The molecule has 0 aliphatic rings. The maximum Gasteiger partial charge on any atom is 0.126 e. The first-order chi connectivity index (χ1) is 7.29. The Morgan fingerprint density at radius 3 is 2.73 bits per heavy atom. The first kappa shape index (κ1) is 9.93. The van der Waals surface area contributed by atoms with Gasteiger partial charge in [0.05, 0.1) is 12.9 Å². The van der Waals surface area contributed by atoms with E-state index in [9.17, 15) is 4.39 Å². The van der Waals surface area contributed by atoms with Crippen LogP contribution in [0.4, 0.5) is 4.39 Å². The molecule has 0 atom stereocenters. The molecule has 0 aliphatic carbocycles. The zero-order chi connectivity index (χ0) is 10.7. The summed E-state index contributed by atoms with van der Waals surface area (Å²) in [7, 11) is 0. The van der Waals surface area contributed by atoms with Crippen molar-refractivity contribution in [1.29, 1.82) is 0 Å². The third-order valence-corrected chi connectivity index (χ3v) is 2.21. The van der Waals surface area contributed by atoms with Crippen LogP contribution in [0.25, 0.3) is 0 Å². The van der Waals surface area contributed by atoms with Gasteiger partial charge in [0, 0.05) is 12.0 Å². The summed E-state index contributed by atoms with van der Waals surface area (Å²) < 4.78 is 18.5. The van der Waals surface area contributed by atoms with Gasteiger partial charge in [0.1, 0.15) is 11.6 Å². The van der Waals surface area contributed by atoms with Crippen molar-refractivity contribution in [3.63, 3.8) is 0 Å². The van der Waals surface area contributed by atoms with E-state index >= 15 is 0 Å². The Bertz CT molecular complexity index is 448. The van der Waals surface area contributed by atoms with Gasteiger partial charge >= 0.3 is 0 Å². The highest BCUT2D eigenvalue weighted by Gasteiger charge is 2.05. The number of hydrogen-bond donors (Lipinski definition) is 1. The lowest BCUT2D eigenvalue weighted by atomic mass is 10.1. The van der Waals surface area contributed by atoms with Crippen LogP contribution in [0.2, 0.25) is 0 Å². The minimum absolute atomic E-state index is 0.0548. The van der Waals surface area contributed by atoms with Gasteiger partial charge in [-0.3, -0.25) is 0 Å². The standard InChI is InChI=1S/C12H11FO2/c13-12-4-2-1-3-10(12)6-11-5-9(7-14)8-15-11/h1-5,8,14H,6-7H2. The molecule has 0 fully saturated rings. The first-order valence-electron chi connectivity index (χ1n) is 4.70. The molecule has 1 aromatic heterocycles. The number of halogens is 1. The van der Waals surface area contributed by atoms with Crippen LogP contribution < -0.4 is 0 Å². The highest BCUT2D eigenvalue weighted by molar-refractivity contribution is 5.24. The largest absolute Gasteiger partial charge is 0.469 e. The number of aliphatic hydroxyl groups excluding tert-OH is 1. The Hall–Kier alpha value is -1.61. The lowest BCUT2D eigenvalue weighted by molar-refractivity contribution is 0.280. The molecule has 78 valence electrons. The van der Waals surface area contributed by atoms with E-state index in [2.05, 4.69) is 0 Å². The van der Waals surface area contributed by atoms with Crippen LogP contribution >= 0.6 is 0 Å². The third-order valence-electron chi connectivity index (χ3n) is 2.21. The van der Waals surface area contributed by atoms with Crippen LogP contribution in [-0.2, 0) is 13.0 Å². The van der Waals surface area contributed by atoms with Gasteiger partial charge in [-0.25, -0.2) is 4.39 Å². The smallest absolute Gasteiger partial charge is 0.126 e. The number of rotatable bonds is 3. The van der Waals surface area contributed by atoms with Gasteiger partial charge in [-0.1, -0.05) is 18.2 Å². The molecule has 1 N–H and O–H groups in total. The molecule has 15 heavy (non-hydrogen) atoms. The van der Waals surface area contributed by atoms with Gasteiger partial charge in [-0.15, -0.1) is 0 Å². The summed E-state index contributed by atoms with van der Waals surface area (Å²) in [5.74, 6) is 0.420. The molecule has 0 bridgehead atoms.